The van der Waals surface area contributed by atoms with E-state index in [2.05, 4.69) is 5.32 Å². The van der Waals surface area contributed by atoms with Gasteiger partial charge >= 0.3 is 0 Å². The van der Waals surface area contributed by atoms with Gasteiger partial charge in [-0.3, -0.25) is 0 Å². The summed E-state index contributed by atoms with van der Waals surface area (Å²) >= 11 is 0. The Labute approximate surface area is 88.7 Å². The first-order valence-electron chi connectivity index (χ1n) is 5.23. The topological polar surface area (TPSA) is 35.8 Å². The summed E-state index contributed by atoms with van der Waals surface area (Å²) < 4.78 is 13.4. The molecule has 0 saturated heterocycles. The molecule has 0 aromatic heterocycles. The lowest BCUT2D eigenvalue weighted by molar-refractivity contribution is 0.628. The van der Waals surface area contributed by atoms with E-state index in [4.69, 9.17) is 5.26 Å². The number of halogens is 1. The third kappa shape index (κ3) is 2.69. The maximum Gasteiger partial charge on any atom is 0.147 e. The van der Waals surface area contributed by atoms with E-state index in [-0.39, 0.29) is 5.82 Å². The zero-order valence-electron chi connectivity index (χ0n) is 8.46. The SMILES string of the molecule is N#Cc1ccc(NCCC2CC2)c(F)c1. The second-order valence-corrected chi connectivity index (χ2v) is 3.97. The first kappa shape index (κ1) is 9.97. The number of benzene rings is 1. The Bertz CT molecular complexity index is 391. The van der Waals surface area contributed by atoms with Crippen molar-refractivity contribution >= 4 is 5.69 Å². The lowest BCUT2D eigenvalue weighted by atomic mass is 10.2. The Morgan fingerprint density at radius 3 is 2.87 bits per heavy atom. The van der Waals surface area contributed by atoms with E-state index < -0.39 is 0 Å². The van der Waals surface area contributed by atoms with Gasteiger partial charge in [0.1, 0.15) is 5.82 Å². The first-order valence-corrected chi connectivity index (χ1v) is 5.23. The van der Waals surface area contributed by atoms with E-state index in [1.807, 2.05) is 6.07 Å². The van der Waals surface area contributed by atoms with Gasteiger partial charge in [-0.15, -0.1) is 0 Å². The lowest BCUT2D eigenvalue weighted by Gasteiger charge is -2.06. The Morgan fingerprint density at radius 1 is 1.47 bits per heavy atom. The number of anilines is 1. The molecule has 1 saturated carbocycles. The van der Waals surface area contributed by atoms with E-state index in [0.29, 0.717) is 11.3 Å². The third-order valence-corrected chi connectivity index (χ3v) is 2.66. The molecule has 0 amide bonds. The van der Waals surface area contributed by atoms with Crippen molar-refractivity contribution in [2.45, 2.75) is 19.3 Å². The smallest absolute Gasteiger partial charge is 0.147 e. The number of nitriles is 1. The zero-order valence-corrected chi connectivity index (χ0v) is 8.46. The van der Waals surface area contributed by atoms with Gasteiger partial charge in [-0.05, 0) is 30.5 Å². The van der Waals surface area contributed by atoms with Crippen LogP contribution in [0.5, 0.6) is 0 Å². The van der Waals surface area contributed by atoms with Crippen LogP contribution in [0.25, 0.3) is 0 Å². The predicted molar refractivity (Wildman–Crippen MR) is 56.9 cm³/mol. The van der Waals surface area contributed by atoms with Crippen LogP contribution < -0.4 is 5.32 Å². The highest BCUT2D eigenvalue weighted by Gasteiger charge is 2.20. The summed E-state index contributed by atoms with van der Waals surface area (Å²) in [5, 5.41) is 11.6. The van der Waals surface area contributed by atoms with Crippen molar-refractivity contribution in [3.63, 3.8) is 0 Å². The van der Waals surface area contributed by atoms with Crippen molar-refractivity contribution in [3.8, 4) is 6.07 Å². The molecule has 0 radical (unpaired) electrons. The van der Waals surface area contributed by atoms with Crippen LogP contribution in [0.3, 0.4) is 0 Å². The summed E-state index contributed by atoms with van der Waals surface area (Å²) in [5.41, 5.74) is 0.856. The van der Waals surface area contributed by atoms with Gasteiger partial charge in [-0.25, -0.2) is 4.39 Å². The minimum Gasteiger partial charge on any atom is -0.383 e. The van der Waals surface area contributed by atoms with E-state index in [1.54, 1.807) is 12.1 Å². The van der Waals surface area contributed by atoms with E-state index in [0.717, 1.165) is 18.9 Å². The molecule has 1 N–H and O–H groups in total. The van der Waals surface area contributed by atoms with E-state index in [1.165, 1.54) is 18.9 Å². The molecule has 2 rings (SSSR count). The number of hydrogen-bond donors (Lipinski definition) is 1. The van der Waals surface area contributed by atoms with Crippen LogP contribution in [0, 0.1) is 23.1 Å². The first-order chi connectivity index (χ1) is 7.29. The fourth-order valence-corrected chi connectivity index (χ4v) is 1.55. The zero-order chi connectivity index (χ0) is 10.7. The van der Waals surface area contributed by atoms with Gasteiger partial charge in [-0.2, -0.15) is 5.26 Å². The summed E-state index contributed by atoms with van der Waals surface area (Å²) in [6.07, 6.45) is 3.74. The standard InChI is InChI=1S/C12H13FN2/c13-11-7-10(8-14)3-4-12(11)15-6-5-9-1-2-9/h3-4,7,9,15H,1-2,5-6H2. The Morgan fingerprint density at radius 2 is 2.27 bits per heavy atom. The van der Waals surface area contributed by atoms with Gasteiger partial charge in [0, 0.05) is 6.54 Å². The van der Waals surface area contributed by atoms with Crippen molar-refractivity contribution in [2.24, 2.45) is 5.92 Å². The second kappa shape index (κ2) is 4.31. The normalized spacial score (nSPS) is 14.7. The van der Waals surface area contributed by atoms with Crippen molar-refractivity contribution in [3.05, 3.63) is 29.6 Å². The Kier molecular flexibility index (Phi) is 2.86. The molecule has 0 spiro atoms. The Balaban J connectivity index is 1.92. The number of nitrogens with zero attached hydrogens (tertiary/aromatic N) is 1. The molecule has 0 bridgehead atoms. The van der Waals surface area contributed by atoms with Crippen molar-refractivity contribution < 1.29 is 4.39 Å². The largest absolute Gasteiger partial charge is 0.383 e. The molecular weight excluding hydrogens is 191 g/mol. The molecule has 1 aliphatic rings. The summed E-state index contributed by atoms with van der Waals surface area (Å²) in [4.78, 5) is 0. The molecule has 1 aromatic carbocycles. The molecule has 0 atom stereocenters. The molecule has 78 valence electrons. The van der Waals surface area contributed by atoms with Gasteiger partial charge in [0.25, 0.3) is 0 Å². The van der Waals surface area contributed by atoms with Crippen molar-refractivity contribution in [2.75, 3.05) is 11.9 Å². The monoisotopic (exact) mass is 204 g/mol. The van der Waals surface area contributed by atoms with Gasteiger partial charge < -0.3 is 5.32 Å². The quantitative estimate of drug-likeness (QED) is 0.818. The molecular formula is C12H13FN2. The van der Waals surface area contributed by atoms with E-state index in [9.17, 15) is 4.39 Å². The number of nitrogens with one attached hydrogen (secondary N) is 1. The molecule has 15 heavy (non-hydrogen) atoms. The van der Waals surface area contributed by atoms with Crippen LogP contribution in [0.2, 0.25) is 0 Å². The second-order valence-electron chi connectivity index (χ2n) is 3.97. The van der Waals surface area contributed by atoms with Crippen molar-refractivity contribution in [1.29, 1.82) is 5.26 Å². The maximum absolute atomic E-state index is 13.4. The minimum atomic E-state index is -0.343. The van der Waals surface area contributed by atoms with Gasteiger partial charge in [0.05, 0.1) is 17.3 Å². The van der Waals surface area contributed by atoms with Crippen LogP contribution in [0.15, 0.2) is 18.2 Å². The number of hydrogen-bond acceptors (Lipinski definition) is 2. The molecule has 1 fully saturated rings. The summed E-state index contributed by atoms with van der Waals surface area (Å²) in [6, 6.07) is 6.43. The minimum absolute atomic E-state index is 0.343. The van der Waals surface area contributed by atoms with E-state index >= 15 is 0 Å². The maximum atomic E-state index is 13.4. The molecule has 0 aliphatic heterocycles. The van der Waals surface area contributed by atoms with Crippen LogP contribution in [0.4, 0.5) is 10.1 Å². The highest BCUT2D eigenvalue weighted by atomic mass is 19.1. The molecule has 1 aliphatic carbocycles. The van der Waals surface area contributed by atoms with Crippen LogP contribution in [-0.4, -0.2) is 6.54 Å². The van der Waals surface area contributed by atoms with Gasteiger partial charge in [0.15, 0.2) is 0 Å². The molecule has 1 aromatic rings. The fraction of sp³-hybridized carbons (Fsp3) is 0.417. The van der Waals surface area contributed by atoms with Crippen molar-refractivity contribution in [1.82, 2.24) is 0 Å². The molecule has 0 unspecified atom stereocenters. The summed E-state index contributed by atoms with van der Waals surface area (Å²) in [5.74, 6) is 0.504. The average Bonchev–Trinajstić information content (AvgIpc) is 3.04. The molecule has 3 heteroatoms. The molecule has 2 nitrogen and oxygen atoms in total. The molecule has 0 heterocycles. The fourth-order valence-electron chi connectivity index (χ4n) is 1.55. The van der Waals surface area contributed by atoms with Crippen LogP contribution >= 0.6 is 0 Å². The van der Waals surface area contributed by atoms with Crippen LogP contribution in [-0.2, 0) is 0 Å². The Hall–Kier alpha value is -1.56. The lowest BCUT2D eigenvalue weighted by Crippen LogP contribution is -2.04. The highest BCUT2D eigenvalue weighted by Crippen LogP contribution is 2.32. The average molecular weight is 204 g/mol. The predicted octanol–water partition coefficient (Wildman–Crippen LogP) is 2.91. The summed E-state index contributed by atoms with van der Waals surface area (Å²) in [6.45, 7) is 0.813. The van der Waals surface area contributed by atoms with Crippen LogP contribution in [0.1, 0.15) is 24.8 Å². The van der Waals surface area contributed by atoms with Gasteiger partial charge in [0.2, 0.25) is 0 Å². The highest BCUT2D eigenvalue weighted by molar-refractivity contribution is 5.48. The summed E-state index contributed by atoms with van der Waals surface area (Å²) in [7, 11) is 0. The number of rotatable bonds is 4. The third-order valence-electron chi connectivity index (χ3n) is 2.66. The van der Waals surface area contributed by atoms with Gasteiger partial charge in [-0.1, -0.05) is 12.8 Å².